The zero-order chi connectivity index (χ0) is 19.9. The summed E-state index contributed by atoms with van der Waals surface area (Å²) in [6, 6.07) is 14.9. The summed E-state index contributed by atoms with van der Waals surface area (Å²) in [6.45, 7) is 2.02. The Balaban J connectivity index is 1.61. The van der Waals surface area contributed by atoms with E-state index < -0.39 is 26.6 Å². The Labute approximate surface area is 164 Å². The number of hydrogen-bond donors (Lipinski definition) is 1. The van der Waals surface area contributed by atoms with E-state index in [4.69, 9.17) is 0 Å². The van der Waals surface area contributed by atoms with Gasteiger partial charge in [-0.25, -0.2) is 22.2 Å². The molecule has 0 saturated carbocycles. The van der Waals surface area contributed by atoms with Crippen LogP contribution in [0.3, 0.4) is 0 Å². The average molecular weight is 416 g/mol. The van der Waals surface area contributed by atoms with Crippen molar-refractivity contribution in [2.24, 2.45) is 0 Å². The molecule has 0 aliphatic rings. The third kappa shape index (κ3) is 3.61. The van der Waals surface area contributed by atoms with Crippen molar-refractivity contribution in [3.05, 3.63) is 77.9 Å². The van der Waals surface area contributed by atoms with Gasteiger partial charge in [0, 0.05) is 11.3 Å². The molecule has 3 aromatic carbocycles. The number of nitrogens with one attached hydrogen (secondary N) is 1. The van der Waals surface area contributed by atoms with Gasteiger partial charge in [0.2, 0.25) is 0 Å². The molecule has 0 aliphatic heterocycles. The van der Waals surface area contributed by atoms with Gasteiger partial charge < -0.3 is 0 Å². The molecule has 0 spiro atoms. The van der Waals surface area contributed by atoms with Crippen LogP contribution in [-0.4, -0.2) is 13.4 Å². The molecule has 0 fully saturated rings. The van der Waals surface area contributed by atoms with Gasteiger partial charge in [0.25, 0.3) is 10.0 Å². The van der Waals surface area contributed by atoms with Crippen LogP contribution in [-0.2, 0) is 10.0 Å². The van der Waals surface area contributed by atoms with E-state index in [1.54, 1.807) is 35.6 Å². The van der Waals surface area contributed by atoms with Crippen LogP contribution in [0.5, 0.6) is 0 Å². The summed E-state index contributed by atoms with van der Waals surface area (Å²) in [5, 5.41) is 0.811. The summed E-state index contributed by atoms with van der Waals surface area (Å²) in [6.07, 6.45) is 0. The first-order valence-corrected chi connectivity index (χ1v) is 10.6. The summed E-state index contributed by atoms with van der Waals surface area (Å²) in [7, 11) is -4.25. The smallest absolute Gasteiger partial charge is 0.264 e. The van der Waals surface area contributed by atoms with Crippen molar-refractivity contribution in [2.75, 3.05) is 4.72 Å². The van der Waals surface area contributed by atoms with Crippen molar-refractivity contribution >= 4 is 37.3 Å². The topological polar surface area (TPSA) is 59.1 Å². The van der Waals surface area contributed by atoms with Crippen LogP contribution in [0.4, 0.5) is 14.5 Å². The third-order valence-corrected chi connectivity index (χ3v) is 6.57. The molecule has 28 heavy (non-hydrogen) atoms. The highest BCUT2D eigenvalue weighted by atomic mass is 32.2. The van der Waals surface area contributed by atoms with Gasteiger partial charge in [-0.15, -0.1) is 11.3 Å². The van der Waals surface area contributed by atoms with Crippen LogP contribution >= 0.6 is 11.3 Å². The molecule has 1 heterocycles. The second kappa shape index (κ2) is 6.96. The molecule has 1 N–H and O–H groups in total. The van der Waals surface area contributed by atoms with E-state index in [2.05, 4.69) is 15.8 Å². The fourth-order valence-electron chi connectivity index (χ4n) is 2.73. The van der Waals surface area contributed by atoms with Gasteiger partial charge in [0.1, 0.15) is 21.5 Å². The minimum atomic E-state index is -4.25. The number of rotatable bonds is 4. The predicted octanol–water partition coefficient (Wildman–Crippen LogP) is 5.35. The Morgan fingerprint density at radius 1 is 0.964 bits per heavy atom. The van der Waals surface area contributed by atoms with E-state index in [1.807, 2.05) is 19.1 Å². The molecule has 0 atom stereocenters. The normalized spacial score (nSPS) is 11.7. The molecule has 4 rings (SSSR count). The number of thiazole rings is 1. The van der Waals surface area contributed by atoms with Crippen molar-refractivity contribution in [2.45, 2.75) is 11.8 Å². The van der Waals surface area contributed by atoms with Crippen LogP contribution in [0.25, 0.3) is 20.8 Å². The molecule has 8 heteroatoms. The highest BCUT2D eigenvalue weighted by Gasteiger charge is 2.20. The zero-order valence-electron chi connectivity index (χ0n) is 14.6. The van der Waals surface area contributed by atoms with Crippen molar-refractivity contribution in [3.63, 3.8) is 0 Å². The number of fused-ring (bicyclic) bond motifs is 1. The van der Waals surface area contributed by atoms with Gasteiger partial charge in [0.05, 0.1) is 10.2 Å². The van der Waals surface area contributed by atoms with Crippen LogP contribution in [0.15, 0.2) is 65.6 Å². The Morgan fingerprint density at radius 2 is 1.71 bits per heavy atom. The van der Waals surface area contributed by atoms with Crippen LogP contribution in [0, 0.1) is 18.6 Å². The van der Waals surface area contributed by atoms with Crippen molar-refractivity contribution in [1.29, 1.82) is 0 Å². The zero-order valence-corrected chi connectivity index (χ0v) is 16.2. The first kappa shape index (κ1) is 18.5. The van der Waals surface area contributed by atoms with Gasteiger partial charge in [-0.05, 0) is 67.1 Å². The Bertz CT molecular complexity index is 1280. The first-order chi connectivity index (χ1) is 13.3. The van der Waals surface area contributed by atoms with Crippen molar-refractivity contribution in [1.82, 2.24) is 4.98 Å². The molecular weight excluding hydrogens is 402 g/mol. The summed E-state index contributed by atoms with van der Waals surface area (Å²) in [5.41, 5.74) is 3.12. The number of anilines is 1. The Kier molecular flexibility index (Phi) is 4.60. The number of aromatic nitrogens is 1. The molecule has 0 saturated heterocycles. The summed E-state index contributed by atoms with van der Waals surface area (Å²) in [5.74, 6) is -1.85. The van der Waals surface area contributed by atoms with Crippen LogP contribution in [0.1, 0.15) is 5.56 Å². The SMILES string of the molecule is Cc1ccc2nc(-c3ccc(NS(=O)(=O)c4cc(F)ccc4F)cc3)sc2c1. The highest BCUT2D eigenvalue weighted by molar-refractivity contribution is 7.92. The minimum Gasteiger partial charge on any atom is -0.280 e. The van der Waals surface area contributed by atoms with Crippen LogP contribution < -0.4 is 4.72 Å². The monoisotopic (exact) mass is 416 g/mol. The van der Waals surface area contributed by atoms with E-state index in [-0.39, 0.29) is 5.69 Å². The lowest BCUT2D eigenvalue weighted by Gasteiger charge is -2.09. The number of hydrogen-bond acceptors (Lipinski definition) is 4. The maximum absolute atomic E-state index is 13.8. The van der Waals surface area contributed by atoms with Gasteiger partial charge >= 0.3 is 0 Å². The summed E-state index contributed by atoms with van der Waals surface area (Å²) >= 11 is 1.54. The van der Waals surface area contributed by atoms with E-state index in [0.29, 0.717) is 6.07 Å². The number of sulfonamides is 1. The largest absolute Gasteiger partial charge is 0.280 e. The van der Waals surface area contributed by atoms with E-state index in [0.717, 1.165) is 38.5 Å². The second-order valence-corrected chi connectivity index (χ2v) is 8.93. The highest BCUT2D eigenvalue weighted by Crippen LogP contribution is 2.31. The average Bonchev–Trinajstić information content (AvgIpc) is 3.07. The molecule has 0 amide bonds. The molecule has 0 unspecified atom stereocenters. The van der Waals surface area contributed by atoms with Gasteiger partial charge in [-0.3, -0.25) is 4.72 Å². The number of nitrogens with zero attached hydrogens (tertiary/aromatic N) is 1. The van der Waals surface area contributed by atoms with Gasteiger partial charge in [-0.2, -0.15) is 0 Å². The van der Waals surface area contributed by atoms with Crippen molar-refractivity contribution < 1.29 is 17.2 Å². The molecule has 0 bridgehead atoms. The van der Waals surface area contributed by atoms with Crippen LogP contribution in [0.2, 0.25) is 0 Å². The first-order valence-electron chi connectivity index (χ1n) is 8.27. The van der Waals surface area contributed by atoms with Gasteiger partial charge in [0.15, 0.2) is 0 Å². The lowest BCUT2D eigenvalue weighted by Crippen LogP contribution is -2.14. The fourth-order valence-corrected chi connectivity index (χ4v) is 4.95. The maximum Gasteiger partial charge on any atom is 0.264 e. The third-order valence-electron chi connectivity index (χ3n) is 4.11. The second-order valence-electron chi connectivity index (χ2n) is 6.25. The Morgan fingerprint density at radius 3 is 2.46 bits per heavy atom. The van der Waals surface area contributed by atoms with E-state index in [1.165, 1.54) is 0 Å². The molecule has 1 aromatic heterocycles. The molecule has 4 aromatic rings. The molecule has 0 aliphatic carbocycles. The Hall–Kier alpha value is -2.84. The number of halogens is 2. The quantitative estimate of drug-likeness (QED) is 0.488. The predicted molar refractivity (Wildman–Crippen MR) is 107 cm³/mol. The van der Waals surface area contributed by atoms with Gasteiger partial charge in [-0.1, -0.05) is 6.07 Å². The summed E-state index contributed by atoms with van der Waals surface area (Å²) in [4.78, 5) is 3.85. The fraction of sp³-hybridized carbons (Fsp3) is 0.0500. The molecule has 4 nitrogen and oxygen atoms in total. The molecule has 142 valence electrons. The van der Waals surface area contributed by atoms with E-state index in [9.17, 15) is 17.2 Å². The van der Waals surface area contributed by atoms with Crippen molar-refractivity contribution in [3.8, 4) is 10.6 Å². The number of benzene rings is 3. The number of aryl methyl sites for hydroxylation is 1. The van der Waals surface area contributed by atoms with E-state index >= 15 is 0 Å². The molecular formula is C20H14F2N2O2S2. The summed E-state index contributed by atoms with van der Waals surface area (Å²) < 4.78 is 55.1. The lowest BCUT2D eigenvalue weighted by atomic mass is 10.2. The standard InChI is InChI=1S/C20H14F2N2O2S2/c1-12-2-9-17-18(10-12)27-20(23-17)13-3-6-15(7-4-13)24-28(25,26)19-11-14(21)5-8-16(19)22/h2-11,24H,1H3. The lowest BCUT2D eigenvalue weighted by molar-refractivity contribution is 0.555. The maximum atomic E-state index is 13.8. The molecule has 0 radical (unpaired) electrons. The minimum absolute atomic E-state index is 0.240.